The lowest BCUT2D eigenvalue weighted by Gasteiger charge is -2.35. The van der Waals surface area contributed by atoms with Crippen LogP contribution in [0.25, 0.3) is 0 Å². The Morgan fingerprint density at radius 2 is 1.78 bits per heavy atom. The quantitative estimate of drug-likeness (QED) is 0.833. The predicted octanol–water partition coefficient (Wildman–Crippen LogP) is 2.78. The molecule has 2 amide bonds. The number of carbonyl (C=O) groups excluding carboxylic acids is 2. The molecule has 0 spiro atoms. The third kappa shape index (κ3) is 5.96. The standard InChI is InChI=1S/C21H31N3O3/c1-23(15-20(25)24-13-5-6-14-24)19-11-9-18(10-12-19)22-21(26)27-16-17-7-3-2-4-8-17/h2-4,7-8,18-19H,5-6,9-16H2,1H3,(H,22,26). The molecule has 1 aliphatic carbocycles. The molecule has 1 saturated heterocycles. The SMILES string of the molecule is CN(CC(=O)N1CCCC1)C1CCC(NC(=O)OCc2ccccc2)CC1. The van der Waals surface area contributed by atoms with Gasteiger partial charge >= 0.3 is 6.09 Å². The Kier molecular flexibility index (Phi) is 7.10. The average molecular weight is 373 g/mol. The van der Waals surface area contributed by atoms with Crippen LogP contribution < -0.4 is 5.32 Å². The molecular weight excluding hydrogens is 342 g/mol. The molecule has 1 aromatic rings. The molecule has 0 atom stereocenters. The summed E-state index contributed by atoms with van der Waals surface area (Å²) in [5, 5.41) is 2.98. The van der Waals surface area contributed by atoms with Crippen molar-refractivity contribution in [1.82, 2.24) is 15.1 Å². The fraction of sp³-hybridized carbons (Fsp3) is 0.619. The average Bonchev–Trinajstić information content (AvgIpc) is 3.23. The van der Waals surface area contributed by atoms with Crippen LogP contribution in [0.1, 0.15) is 44.1 Å². The zero-order chi connectivity index (χ0) is 19.1. The van der Waals surface area contributed by atoms with E-state index < -0.39 is 0 Å². The zero-order valence-electron chi connectivity index (χ0n) is 16.2. The molecule has 3 rings (SSSR count). The van der Waals surface area contributed by atoms with Crippen molar-refractivity contribution in [3.63, 3.8) is 0 Å². The number of amides is 2. The number of carbonyl (C=O) groups is 2. The minimum absolute atomic E-state index is 0.159. The Morgan fingerprint density at radius 3 is 2.44 bits per heavy atom. The highest BCUT2D eigenvalue weighted by Crippen LogP contribution is 2.23. The summed E-state index contributed by atoms with van der Waals surface area (Å²) < 4.78 is 5.30. The first-order chi connectivity index (χ1) is 13.1. The van der Waals surface area contributed by atoms with E-state index in [0.29, 0.717) is 19.2 Å². The second-order valence-electron chi connectivity index (χ2n) is 7.71. The summed E-state index contributed by atoms with van der Waals surface area (Å²) in [6.07, 6.45) is 5.75. The predicted molar refractivity (Wildman–Crippen MR) is 104 cm³/mol. The summed E-state index contributed by atoms with van der Waals surface area (Å²) in [5.74, 6) is 0.250. The van der Waals surface area contributed by atoms with E-state index in [1.54, 1.807) is 0 Å². The van der Waals surface area contributed by atoms with Crippen LogP contribution >= 0.6 is 0 Å². The molecule has 0 radical (unpaired) electrons. The number of alkyl carbamates (subject to hydrolysis) is 1. The lowest BCUT2D eigenvalue weighted by Crippen LogP contribution is -2.46. The van der Waals surface area contributed by atoms with Gasteiger partial charge in [-0.05, 0) is 51.1 Å². The molecule has 2 aliphatic rings. The molecule has 1 aliphatic heterocycles. The maximum absolute atomic E-state index is 12.3. The van der Waals surface area contributed by atoms with Gasteiger partial charge in [0.25, 0.3) is 0 Å². The molecule has 1 N–H and O–H groups in total. The van der Waals surface area contributed by atoms with Gasteiger partial charge in [0.15, 0.2) is 0 Å². The number of hydrogen-bond acceptors (Lipinski definition) is 4. The second kappa shape index (κ2) is 9.74. The smallest absolute Gasteiger partial charge is 0.407 e. The Balaban J connectivity index is 1.34. The highest BCUT2D eigenvalue weighted by Gasteiger charge is 2.27. The van der Waals surface area contributed by atoms with Crippen LogP contribution in [0.5, 0.6) is 0 Å². The number of nitrogens with one attached hydrogen (secondary N) is 1. The summed E-state index contributed by atoms with van der Waals surface area (Å²) >= 11 is 0. The number of likely N-dealkylation sites (tertiary alicyclic amines) is 1. The Morgan fingerprint density at radius 1 is 1.11 bits per heavy atom. The van der Waals surface area contributed by atoms with Gasteiger partial charge in [-0.1, -0.05) is 30.3 Å². The van der Waals surface area contributed by atoms with Gasteiger partial charge in [0.2, 0.25) is 5.91 Å². The topological polar surface area (TPSA) is 61.9 Å². The molecule has 1 aromatic carbocycles. The highest BCUT2D eigenvalue weighted by atomic mass is 16.5. The van der Waals surface area contributed by atoms with Crippen molar-refractivity contribution < 1.29 is 14.3 Å². The maximum atomic E-state index is 12.3. The van der Waals surface area contributed by atoms with Gasteiger partial charge in [0.05, 0.1) is 6.54 Å². The largest absolute Gasteiger partial charge is 0.445 e. The number of rotatable bonds is 6. The summed E-state index contributed by atoms with van der Waals surface area (Å²) in [6.45, 7) is 2.62. The Hall–Kier alpha value is -2.08. The number of ether oxygens (including phenoxy) is 1. The van der Waals surface area contributed by atoms with E-state index in [4.69, 9.17) is 4.74 Å². The molecule has 0 bridgehead atoms. The molecule has 1 saturated carbocycles. The zero-order valence-corrected chi connectivity index (χ0v) is 16.2. The van der Waals surface area contributed by atoms with Crippen LogP contribution in [0.4, 0.5) is 4.79 Å². The molecule has 148 valence electrons. The summed E-state index contributed by atoms with van der Waals surface area (Å²) in [7, 11) is 2.04. The van der Waals surface area contributed by atoms with E-state index in [2.05, 4.69) is 10.2 Å². The van der Waals surface area contributed by atoms with Crippen molar-refractivity contribution in [3.8, 4) is 0 Å². The van der Waals surface area contributed by atoms with E-state index in [9.17, 15) is 9.59 Å². The molecule has 27 heavy (non-hydrogen) atoms. The van der Waals surface area contributed by atoms with Crippen LogP contribution in [0.3, 0.4) is 0 Å². The number of likely N-dealkylation sites (N-methyl/N-ethyl adjacent to an activating group) is 1. The van der Waals surface area contributed by atoms with Gasteiger partial charge in [-0.2, -0.15) is 0 Å². The van der Waals surface area contributed by atoms with Crippen molar-refractivity contribution >= 4 is 12.0 Å². The summed E-state index contributed by atoms with van der Waals surface area (Å²) in [5.41, 5.74) is 0.987. The molecule has 6 nitrogen and oxygen atoms in total. The van der Waals surface area contributed by atoms with Gasteiger partial charge in [-0.3, -0.25) is 9.69 Å². The van der Waals surface area contributed by atoms with Crippen molar-refractivity contribution in [2.24, 2.45) is 0 Å². The maximum Gasteiger partial charge on any atom is 0.407 e. The molecule has 6 heteroatoms. The van der Waals surface area contributed by atoms with Crippen molar-refractivity contribution in [2.75, 3.05) is 26.7 Å². The number of nitrogens with zero attached hydrogens (tertiary/aromatic N) is 2. The fourth-order valence-electron chi connectivity index (χ4n) is 4.00. The van der Waals surface area contributed by atoms with Gasteiger partial charge < -0.3 is 15.0 Å². The second-order valence-corrected chi connectivity index (χ2v) is 7.71. The van der Waals surface area contributed by atoms with Crippen LogP contribution in [-0.4, -0.2) is 60.6 Å². The summed E-state index contributed by atoms with van der Waals surface area (Å²) in [4.78, 5) is 28.5. The first-order valence-corrected chi connectivity index (χ1v) is 10.1. The van der Waals surface area contributed by atoms with Crippen LogP contribution in [0.2, 0.25) is 0 Å². The Bertz CT molecular complexity index is 608. The first kappa shape index (κ1) is 19.7. The third-order valence-corrected chi connectivity index (χ3v) is 5.70. The van der Waals surface area contributed by atoms with Crippen LogP contribution in [-0.2, 0) is 16.1 Å². The summed E-state index contributed by atoms with van der Waals surface area (Å²) in [6, 6.07) is 10.3. The highest BCUT2D eigenvalue weighted by molar-refractivity contribution is 5.78. The molecule has 0 unspecified atom stereocenters. The number of benzene rings is 1. The van der Waals surface area contributed by atoms with Gasteiger partial charge in [0, 0.05) is 25.2 Å². The lowest BCUT2D eigenvalue weighted by molar-refractivity contribution is -0.131. The third-order valence-electron chi connectivity index (χ3n) is 5.70. The van der Waals surface area contributed by atoms with E-state index in [1.807, 2.05) is 42.3 Å². The Labute approximate surface area is 161 Å². The molecular formula is C21H31N3O3. The molecule has 0 aromatic heterocycles. The van der Waals surface area contributed by atoms with Gasteiger partial charge in [-0.25, -0.2) is 4.79 Å². The van der Waals surface area contributed by atoms with Crippen molar-refractivity contribution in [2.45, 2.75) is 57.2 Å². The number of hydrogen-bond donors (Lipinski definition) is 1. The van der Waals surface area contributed by atoms with Gasteiger partial charge in [-0.15, -0.1) is 0 Å². The molecule has 2 fully saturated rings. The van der Waals surface area contributed by atoms with Crippen molar-refractivity contribution in [1.29, 1.82) is 0 Å². The fourth-order valence-corrected chi connectivity index (χ4v) is 4.00. The molecule has 1 heterocycles. The van der Waals surface area contributed by atoms with E-state index in [0.717, 1.165) is 57.2 Å². The minimum Gasteiger partial charge on any atom is -0.445 e. The van der Waals surface area contributed by atoms with Gasteiger partial charge in [0.1, 0.15) is 6.61 Å². The first-order valence-electron chi connectivity index (χ1n) is 10.1. The normalized spacial score (nSPS) is 22.7. The van der Waals surface area contributed by atoms with E-state index in [1.165, 1.54) is 0 Å². The van der Waals surface area contributed by atoms with Crippen LogP contribution in [0, 0.1) is 0 Å². The van der Waals surface area contributed by atoms with Crippen molar-refractivity contribution in [3.05, 3.63) is 35.9 Å². The van der Waals surface area contributed by atoms with E-state index >= 15 is 0 Å². The van der Waals surface area contributed by atoms with E-state index in [-0.39, 0.29) is 18.0 Å². The monoisotopic (exact) mass is 373 g/mol. The van der Waals surface area contributed by atoms with Crippen LogP contribution in [0.15, 0.2) is 30.3 Å². The minimum atomic E-state index is -0.347. The lowest BCUT2D eigenvalue weighted by atomic mass is 9.90.